The van der Waals surface area contributed by atoms with Crippen LogP contribution in [0.3, 0.4) is 0 Å². The summed E-state index contributed by atoms with van der Waals surface area (Å²) in [5.74, 6) is -3.23. The Morgan fingerprint density at radius 2 is 1.86 bits per heavy atom. The minimum Gasteiger partial charge on any atom is -0.386 e. The van der Waals surface area contributed by atoms with Crippen molar-refractivity contribution in [3.05, 3.63) is 53.9 Å². The van der Waals surface area contributed by atoms with Gasteiger partial charge in [-0.2, -0.15) is 8.78 Å². The van der Waals surface area contributed by atoms with Gasteiger partial charge in [-0.25, -0.2) is 8.78 Å². The quantitative estimate of drug-likeness (QED) is 0.496. The zero-order valence-electron chi connectivity index (χ0n) is 14.7. The summed E-state index contributed by atoms with van der Waals surface area (Å²) < 4.78 is 51.9. The Labute approximate surface area is 158 Å². The highest BCUT2D eigenvalue weighted by atomic mass is 19.3. The molecule has 2 heterocycles. The van der Waals surface area contributed by atoms with Crippen LogP contribution in [0.2, 0.25) is 0 Å². The van der Waals surface area contributed by atoms with Gasteiger partial charge in [-0.3, -0.25) is 15.1 Å². The summed E-state index contributed by atoms with van der Waals surface area (Å²) in [6.45, 7) is -0.604. The molecule has 150 valence electrons. The molecule has 0 spiro atoms. The molecule has 2 aromatic rings. The molecule has 5 nitrogen and oxygen atoms in total. The van der Waals surface area contributed by atoms with Crippen LogP contribution in [0.15, 0.2) is 42.6 Å². The average Bonchev–Trinajstić information content (AvgIpc) is 2.69. The second kappa shape index (κ2) is 8.24. The fourth-order valence-electron chi connectivity index (χ4n) is 2.91. The molecule has 1 saturated heterocycles. The highest BCUT2D eigenvalue weighted by Gasteiger charge is 2.39. The first-order valence-corrected chi connectivity index (χ1v) is 8.67. The van der Waals surface area contributed by atoms with Gasteiger partial charge in [-0.1, -0.05) is 30.3 Å². The third-order valence-electron chi connectivity index (χ3n) is 4.70. The number of hydrogen-bond acceptors (Lipinski definition) is 4. The van der Waals surface area contributed by atoms with Crippen molar-refractivity contribution in [3.63, 3.8) is 0 Å². The van der Waals surface area contributed by atoms with E-state index in [0.717, 1.165) is 5.56 Å². The molecule has 1 aliphatic heterocycles. The second-order valence-corrected chi connectivity index (χ2v) is 6.55. The predicted octanol–water partition coefficient (Wildman–Crippen LogP) is 2.62. The molecule has 3 rings (SSSR count). The van der Waals surface area contributed by atoms with Crippen LogP contribution in [0.4, 0.5) is 17.6 Å². The van der Waals surface area contributed by atoms with E-state index in [1.807, 2.05) is 0 Å². The Hall–Kier alpha value is -2.52. The number of rotatable bonds is 7. The molecule has 9 heteroatoms. The SMILES string of the molecule is O=C(N[C@H](CF)[C@H](O)c1ccc(-c2ccc(C3(F)CCN3)nc2)cc1)C(F)F. The normalized spacial score (nSPS) is 21.1. The largest absolute Gasteiger partial charge is 0.386 e. The lowest BCUT2D eigenvalue weighted by Gasteiger charge is -2.34. The number of aliphatic hydroxyl groups excluding tert-OH is 1. The maximum absolute atomic E-state index is 14.3. The van der Waals surface area contributed by atoms with E-state index in [9.17, 15) is 27.5 Å². The van der Waals surface area contributed by atoms with Crippen molar-refractivity contribution in [1.82, 2.24) is 15.6 Å². The standard InChI is InChI=1S/C19H19F4N3O2/c20-9-14(26-18(28)17(21)22)16(27)12-3-1-11(2-4-12)13-5-6-15(24-10-13)19(23)7-8-25-19/h1-6,10,14,16-17,25,27H,7-9H2,(H,26,28)/t14-,16-,19?/m1/s1. The van der Waals surface area contributed by atoms with Gasteiger partial charge < -0.3 is 10.4 Å². The van der Waals surface area contributed by atoms with Crippen molar-refractivity contribution in [2.24, 2.45) is 0 Å². The smallest absolute Gasteiger partial charge is 0.315 e. The van der Waals surface area contributed by atoms with Crippen molar-refractivity contribution in [2.45, 2.75) is 30.8 Å². The van der Waals surface area contributed by atoms with E-state index in [-0.39, 0.29) is 5.56 Å². The van der Waals surface area contributed by atoms with E-state index in [1.54, 1.807) is 29.6 Å². The molecule has 1 unspecified atom stereocenters. The fraction of sp³-hybridized carbons (Fsp3) is 0.368. The lowest BCUT2D eigenvalue weighted by Crippen LogP contribution is -2.51. The van der Waals surface area contributed by atoms with Gasteiger partial charge in [0.2, 0.25) is 5.79 Å². The summed E-state index contributed by atoms with van der Waals surface area (Å²) in [6.07, 6.45) is -2.89. The average molecular weight is 397 g/mol. The number of benzene rings is 1. The number of halogens is 4. The van der Waals surface area contributed by atoms with Gasteiger partial charge >= 0.3 is 6.43 Å². The van der Waals surface area contributed by atoms with Gasteiger partial charge in [0.15, 0.2) is 0 Å². The molecule has 1 amide bonds. The van der Waals surface area contributed by atoms with Crippen molar-refractivity contribution in [1.29, 1.82) is 0 Å². The van der Waals surface area contributed by atoms with E-state index in [1.165, 1.54) is 18.3 Å². The second-order valence-electron chi connectivity index (χ2n) is 6.55. The summed E-state index contributed by atoms with van der Waals surface area (Å²) in [5.41, 5.74) is 1.99. The van der Waals surface area contributed by atoms with Crippen molar-refractivity contribution >= 4 is 5.91 Å². The molecular formula is C19H19F4N3O2. The van der Waals surface area contributed by atoms with Crippen molar-refractivity contribution in [2.75, 3.05) is 13.2 Å². The molecule has 1 aromatic carbocycles. The van der Waals surface area contributed by atoms with Crippen LogP contribution in [-0.2, 0) is 10.6 Å². The zero-order chi connectivity index (χ0) is 20.3. The van der Waals surface area contributed by atoms with E-state index in [4.69, 9.17) is 0 Å². The van der Waals surface area contributed by atoms with Crippen LogP contribution in [0.1, 0.15) is 23.8 Å². The summed E-state index contributed by atoms with van der Waals surface area (Å²) in [4.78, 5) is 15.2. The Balaban J connectivity index is 1.71. The number of nitrogens with zero attached hydrogens (tertiary/aromatic N) is 1. The lowest BCUT2D eigenvalue weighted by atomic mass is 9.97. The minimum atomic E-state index is -3.29. The maximum atomic E-state index is 14.3. The Bertz CT molecular complexity index is 811. The monoisotopic (exact) mass is 397 g/mol. The van der Waals surface area contributed by atoms with Crippen LogP contribution in [0.5, 0.6) is 0 Å². The molecule has 1 aliphatic rings. The molecule has 3 atom stereocenters. The number of carbonyl (C=O) groups excluding carboxylic acids is 1. The Morgan fingerprint density at radius 1 is 1.21 bits per heavy atom. The van der Waals surface area contributed by atoms with Gasteiger partial charge in [0, 0.05) is 24.7 Å². The van der Waals surface area contributed by atoms with Gasteiger partial charge in [0.05, 0.1) is 11.7 Å². The van der Waals surface area contributed by atoms with Gasteiger partial charge in [-0.15, -0.1) is 0 Å². The highest BCUT2D eigenvalue weighted by Crippen LogP contribution is 2.32. The number of hydrogen-bond donors (Lipinski definition) is 3. The maximum Gasteiger partial charge on any atom is 0.315 e. The minimum absolute atomic E-state index is 0.256. The number of amides is 1. The Kier molecular flexibility index (Phi) is 5.95. The van der Waals surface area contributed by atoms with Crippen LogP contribution >= 0.6 is 0 Å². The van der Waals surface area contributed by atoms with Crippen molar-refractivity contribution in [3.8, 4) is 11.1 Å². The zero-order valence-corrected chi connectivity index (χ0v) is 14.7. The topological polar surface area (TPSA) is 74.2 Å². The van der Waals surface area contributed by atoms with E-state index >= 15 is 0 Å². The molecule has 0 radical (unpaired) electrons. The number of nitrogens with one attached hydrogen (secondary N) is 2. The van der Waals surface area contributed by atoms with Crippen LogP contribution < -0.4 is 10.6 Å². The van der Waals surface area contributed by atoms with Gasteiger partial charge in [-0.05, 0) is 17.2 Å². The first-order valence-electron chi connectivity index (χ1n) is 8.67. The molecular weight excluding hydrogens is 378 g/mol. The van der Waals surface area contributed by atoms with E-state index < -0.39 is 36.9 Å². The lowest BCUT2D eigenvalue weighted by molar-refractivity contribution is -0.133. The van der Waals surface area contributed by atoms with Gasteiger partial charge in [0.1, 0.15) is 12.8 Å². The predicted molar refractivity (Wildman–Crippen MR) is 93.9 cm³/mol. The molecule has 28 heavy (non-hydrogen) atoms. The number of alkyl halides is 4. The summed E-state index contributed by atoms with van der Waals surface area (Å²) >= 11 is 0. The van der Waals surface area contributed by atoms with Crippen LogP contribution in [-0.4, -0.2) is 41.7 Å². The van der Waals surface area contributed by atoms with E-state index in [2.05, 4.69) is 10.3 Å². The molecule has 1 aromatic heterocycles. The van der Waals surface area contributed by atoms with Crippen molar-refractivity contribution < 1.29 is 27.5 Å². The molecule has 1 fully saturated rings. The number of pyridine rings is 1. The van der Waals surface area contributed by atoms with Gasteiger partial charge in [0.25, 0.3) is 5.91 Å². The third-order valence-corrected chi connectivity index (χ3v) is 4.70. The fourth-order valence-corrected chi connectivity index (χ4v) is 2.91. The number of carbonyl (C=O) groups is 1. The van der Waals surface area contributed by atoms with Crippen LogP contribution in [0, 0.1) is 0 Å². The molecule has 3 N–H and O–H groups in total. The van der Waals surface area contributed by atoms with E-state index in [0.29, 0.717) is 24.2 Å². The number of aliphatic hydroxyl groups is 1. The number of aromatic nitrogens is 1. The molecule has 0 aliphatic carbocycles. The first-order chi connectivity index (χ1) is 13.3. The third kappa shape index (κ3) is 4.15. The Morgan fingerprint density at radius 3 is 2.32 bits per heavy atom. The highest BCUT2D eigenvalue weighted by molar-refractivity contribution is 5.79. The molecule has 0 bridgehead atoms. The first kappa shape index (κ1) is 20.2. The molecule has 0 saturated carbocycles. The summed E-state index contributed by atoms with van der Waals surface area (Å²) in [6, 6.07) is 8.07. The summed E-state index contributed by atoms with van der Waals surface area (Å²) in [7, 11) is 0. The summed E-state index contributed by atoms with van der Waals surface area (Å²) in [5, 5.41) is 14.6. The van der Waals surface area contributed by atoms with Crippen LogP contribution in [0.25, 0.3) is 11.1 Å².